The van der Waals surface area contributed by atoms with Gasteiger partial charge in [0.25, 0.3) is 0 Å². The van der Waals surface area contributed by atoms with Gasteiger partial charge in [-0.3, -0.25) is 0 Å². The zero-order valence-electron chi connectivity index (χ0n) is 18.9. The second-order valence-corrected chi connectivity index (χ2v) is 9.54. The van der Waals surface area contributed by atoms with Crippen LogP contribution in [0, 0.1) is 0 Å². The lowest BCUT2D eigenvalue weighted by atomic mass is 9.79. The Bertz CT molecular complexity index is 1220. The van der Waals surface area contributed by atoms with Gasteiger partial charge in [0.2, 0.25) is 0 Å². The van der Waals surface area contributed by atoms with Gasteiger partial charge in [-0.15, -0.1) is 0 Å². The number of fused-ring (bicyclic) bond motifs is 2. The third-order valence-electron chi connectivity index (χ3n) is 6.88. The van der Waals surface area contributed by atoms with Crippen molar-refractivity contribution in [1.29, 1.82) is 0 Å². The number of hydrogen-bond acceptors (Lipinski definition) is 3. The summed E-state index contributed by atoms with van der Waals surface area (Å²) in [5, 5.41) is 0. The third-order valence-corrected chi connectivity index (χ3v) is 6.88. The largest absolute Gasteiger partial charge is 0.327 e. The molecule has 0 spiro atoms. The zero-order chi connectivity index (χ0) is 21.8. The van der Waals surface area contributed by atoms with Crippen LogP contribution in [-0.4, -0.2) is 27.3 Å². The quantitative estimate of drug-likeness (QED) is 0.546. The number of benzene rings is 1. The van der Waals surface area contributed by atoms with Crippen LogP contribution >= 0.6 is 0 Å². The normalized spacial score (nSPS) is 19.6. The fourth-order valence-electron chi connectivity index (χ4n) is 5.10. The molecule has 0 amide bonds. The van der Waals surface area contributed by atoms with Gasteiger partial charge in [0, 0.05) is 35.5 Å². The molecule has 4 heteroatoms. The van der Waals surface area contributed by atoms with E-state index in [1.54, 1.807) is 0 Å². The molecule has 0 saturated carbocycles. The van der Waals surface area contributed by atoms with Gasteiger partial charge in [-0.1, -0.05) is 50.2 Å². The van der Waals surface area contributed by atoms with E-state index in [4.69, 9.17) is 4.98 Å². The first-order valence-electron chi connectivity index (χ1n) is 10.9. The standard InChI is InChI=1S/C27H29N4/c1-26(2)20-13-9-15-28-24(20)30(5)22(26)17-23-27(3,4)21-14-10-16-29-25(21)31(23)18-19-11-7-6-8-12-19/h6-17H,18H2,1-5H3/q+1. The number of nitrogens with zero attached hydrogens (tertiary/aromatic N) is 4. The van der Waals surface area contributed by atoms with Crippen molar-refractivity contribution in [3.8, 4) is 0 Å². The monoisotopic (exact) mass is 409 g/mol. The van der Waals surface area contributed by atoms with E-state index in [1.807, 2.05) is 24.5 Å². The van der Waals surface area contributed by atoms with Crippen molar-refractivity contribution in [2.24, 2.45) is 0 Å². The summed E-state index contributed by atoms with van der Waals surface area (Å²) < 4.78 is 2.25. The Labute approximate surface area is 184 Å². The Morgan fingerprint density at radius 1 is 0.839 bits per heavy atom. The summed E-state index contributed by atoms with van der Waals surface area (Å²) >= 11 is 0. The predicted molar refractivity (Wildman–Crippen MR) is 126 cm³/mol. The van der Waals surface area contributed by atoms with E-state index in [1.165, 1.54) is 28.1 Å². The fourth-order valence-corrected chi connectivity index (χ4v) is 5.10. The molecule has 0 radical (unpaired) electrons. The van der Waals surface area contributed by atoms with Crippen LogP contribution in [0.3, 0.4) is 0 Å². The first kappa shape index (κ1) is 19.7. The van der Waals surface area contributed by atoms with Crippen LogP contribution in [0.1, 0.15) is 44.4 Å². The lowest BCUT2D eigenvalue weighted by Gasteiger charge is -2.28. The van der Waals surface area contributed by atoms with Crippen molar-refractivity contribution < 1.29 is 4.58 Å². The number of hydrogen-bond donors (Lipinski definition) is 0. The average Bonchev–Trinajstić information content (AvgIpc) is 3.10. The average molecular weight is 410 g/mol. The molecular formula is C27H29N4+. The molecular weight excluding hydrogens is 380 g/mol. The summed E-state index contributed by atoms with van der Waals surface area (Å²) in [6.45, 7) is 9.98. The Kier molecular flexibility index (Phi) is 4.37. The highest BCUT2D eigenvalue weighted by Gasteiger charge is 2.46. The minimum atomic E-state index is -0.148. The molecule has 0 atom stereocenters. The van der Waals surface area contributed by atoms with E-state index in [0.717, 1.165) is 18.2 Å². The molecule has 0 saturated heterocycles. The van der Waals surface area contributed by atoms with E-state index in [9.17, 15) is 0 Å². The second-order valence-electron chi connectivity index (χ2n) is 9.54. The van der Waals surface area contributed by atoms with Gasteiger partial charge >= 0.3 is 5.82 Å². The Morgan fingerprint density at radius 3 is 2.23 bits per heavy atom. The Hall–Kier alpha value is -3.27. The summed E-state index contributed by atoms with van der Waals surface area (Å²) in [7, 11) is 2.13. The number of pyridine rings is 2. The summed E-state index contributed by atoms with van der Waals surface area (Å²) in [4.78, 5) is 11.9. The van der Waals surface area contributed by atoms with Crippen LogP contribution in [-0.2, 0) is 17.4 Å². The van der Waals surface area contributed by atoms with E-state index in [-0.39, 0.29) is 10.8 Å². The van der Waals surface area contributed by atoms with Crippen molar-refractivity contribution in [2.75, 3.05) is 11.9 Å². The highest BCUT2D eigenvalue weighted by atomic mass is 15.2. The molecule has 1 aromatic carbocycles. The van der Waals surface area contributed by atoms with Gasteiger partial charge in [-0.05, 0) is 42.6 Å². The minimum absolute atomic E-state index is 0.123. The SMILES string of the molecule is C[N+]1=C(C=C2N(Cc3ccccc3)c3ncccc3C2(C)C)C(C)(C)c2cccnc21. The molecule has 2 aromatic heterocycles. The van der Waals surface area contributed by atoms with Gasteiger partial charge in [0.15, 0.2) is 0 Å². The molecule has 4 nitrogen and oxygen atoms in total. The molecule has 156 valence electrons. The van der Waals surface area contributed by atoms with Gasteiger partial charge in [-0.2, -0.15) is 0 Å². The first-order chi connectivity index (χ1) is 14.8. The topological polar surface area (TPSA) is 32.0 Å². The molecule has 0 aliphatic carbocycles. The van der Waals surface area contributed by atoms with Crippen LogP contribution in [0.25, 0.3) is 0 Å². The van der Waals surface area contributed by atoms with Crippen LogP contribution < -0.4 is 4.90 Å². The van der Waals surface area contributed by atoms with Gasteiger partial charge in [-0.25, -0.2) is 9.56 Å². The Balaban J connectivity index is 1.68. The molecule has 2 aliphatic heterocycles. The van der Waals surface area contributed by atoms with Gasteiger partial charge in [0.1, 0.15) is 17.7 Å². The lowest BCUT2D eigenvalue weighted by molar-refractivity contribution is -0.406. The maximum absolute atomic E-state index is 4.80. The summed E-state index contributed by atoms with van der Waals surface area (Å²) in [5.41, 5.74) is 6.07. The van der Waals surface area contributed by atoms with E-state index < -0.39 is 0 Å². The van der Waals surface area contributed by atoms with Crippen LogP contribution in [0.15, 0.2) is 78.8 Å². The number of allylic oxidation sites excluding steroid dienone is 2. The molecule has 0 unspecified atom stereocenters. The molecule has 4 heterocycles. The van der Waals surface area contributed by atoms with Crippen molar-refractivity contribution in [3.63, 3.8) is 0 Å². The van der Waals surface area contributed by atoms with Crippen molar-refractivity contribution in [2.45, 2.75) is 45.1 Å². The lowest BCUT2D eigenvalue weighted by Crippen LogP contribution is -2.32. The fraction of sp³-hybridized carbons (Fsp3) is 0.296. The highest BCUT2D eigenvalue weighted by Crippen LogP contribution is 2.48. The summed E-state index contributed by atoms with van der Waals surface area (Å²) in [5.74, 6) is 2.10. The molecule has 2 aliphatic rings. The number of rotatable bonds is 3. The maximum Gasteiger partial charge on any atom is 0.327 e. The molecule has 31 heavy (non-hydrogen) atoms. The molecule has 3 aromatic rings. The predicted octanol–water partition coefficient (Wildman–Crippen LogP) is 5.36. The molecule has 5 rings (SSSR count). The van der Waals surface area contributed by atoms with Gasteiger partial charge < -0.3 is 4.90 Å². The van der Waals surface area contributed by atoms with Crippen LogP contribution in [0.2, 0.25) is 0 Å². The molecule has 0 fully saturated rings. The van der Waals surface area contributed by atoms with Crippen LogP contribution in [0.4, 0.5) is 11.6 Å². The van der Waals surface area contributed by atoms with Crippen molar-refractivity contribution in [3.05, 3.63) is 95.5 Å². The van der Waals surface area contributed by atoms with E-state index in [0.29, 0.717) is 0 Å². The Morgan fingerprint density at radius 2 is 1.52 bits per heavy atom. The summed E-state index contributed by atoms with van der Waals surface area (Å²) in [6, 6.07) is 19.1. The minimum Gasteiger partial charge on any atom is -0.324 e. The van der Waals surface area contributed by atoms with Crippen molar-refractivity contribution >= 4 is 17.3 Å². The second kappa shape index (κ2) is 6.88. The third kappa shape index (κ3) is 2.93. The van der Waals surface area contributed by atoms with Crippen molar-refractivity contribution in [1.82, 2.24) is 9.97 Å². The van der Waals surface area contributed by atoms with E-state index in [2.05, 4.69) is 97.7 Å². The molecule has 0 N–H and O–H groups in total. The highest BCUT2D eigenvalue weighted by molar-refractivity contribution is 6.04. The molecule has 0 bridgehead atoms. The van der Waals surface area contributed by atoms with Gasteiger partial charge in [0.05, 0.1) is 18.0 Å². The smallest absolute Gasteiger partial charge is 0.324 e. The number of anilines is 1. The summed E-state index contributed by atoms with van der Waals surface area (Å²) in [6.07, 6.45) is 6.16. The van der Waals surface area contributed by atoms with E-state index >= 15 is 0 Å². The first-order valence-corrected chi connectivity index (χ1v) is 10.9. The zero-order valence-corrected chi connectivity index (χ0v) is 18.9. The number of aromatic nitrogens is 2. The maximum atomic E-state index is 4.80. The van der Waals surface area contributed by atoms with Crippen LogP contribution in [0.5, 0.6) is 0 Å².